The number of halogens is 1. The van der Waals surface area contributed by atoms with Crippen LogP contribution in [0.5, 0.6) is 5.75 Å². The summed E-state index contributed by atoms with van der Waals surface area (Å²) in [6, 6.07) is 5.78. The molecule has 1 N–H and O–H groups in total. The molecule has 16 heavy (non-hydrogen) atoms. The smallest absolute Gasteiger partial charge is 0.141 e. The van der Waals surface area contributed by atoms with Crippen molar-refractivity contribution in [1.82, 2.24) is 0 Å². The molecule has 0 aliphatic heterocycles. The van der Waals surface area contributed by atoms with Crippen molar-refractivity contribution in [3.05, 3.63) is 28.8 Å². The Kier molecular flexibility index (Phi) is 5.64. The van der Waals surface area contributed by atoms with Crippen LogP contribution in [0, 0.1) is 0 Å². The first-order valence-electron chi connectivity index (χ1n) is 5.74. The van der Waals surface area contributed by atoms with Gasteiger partial charge >= 0.3 is 0 Å². The summed E-state index contributed by atoms with van der Waals surface area (Å²) in [4.78, 5) is 0. The van der Waals surface area contributed by atoms with E-state index in [1.807, 2.05) is 25.1 Å². The minimum absolute atomic E-state index is 0.00155. The molecule has 0 spiro atoms. The second-order valence-corrected chi connectivity index (χ2v) is 4.35. The molecular formula is C13H19ClO2. The molecule has 2 nitrogen and oxygen atoms in total. The molecule has 0 heterocycles. The van der Waals surface area contributed by atoms with Gasteiger partial charge in [-0.25, -0.2) is 0 Å². The van der Waals surface area contributed by atoms with Crippen LogP contribution >= 0.6 is 11.6 Å². The number of aliphatic hydroxyl groups is 1. The Morgan fingerprint density at radius 2 is 2.19 bits per heavy atom. The number of ether oxygens (including phenoxy) is 1. The van der Waals surface area contributed by atoms with Crippen molar-refractivity contribution < 1.29 is 9.84 Å². The van der Waals surface area contributed by atoms with Gasteiger partial charge in [0.05, 0.1) is 11.6 Å². The lowest BCUT2D eigenvalue weighted by Crippen LogP contribution is -2.17. The van der Waals surface area contributed by atoms with Gasteiger partial charge in [0.15, 0.2) is 0 Å². The number of unbranched alkanes of at least 4 members (excludes halogenated alkanes) is 1. The molecule has 1 atom stereocenters. The van der Waals surface area contributed by atoms with E-state index in [-0.39, 0.29) is 12.7 Å². The minimum Gasteiger partial charge on any atom is -0.486 e. The molecule has 3 heteroatoms. The maximum Gasteiger partial charge on any atom is 0.141 e. The SMILES string of the molecule is CCCCc1cccc(Cl)c1OC(C)CO. The maximum atomic E-state index is 8.99. The first-order chi connectivity index (χ1) is 7.69. The maximum absolute atomic E-state index is 8.99. The van der Waals surface area contributed by atoms with Crippen LogP contribution in [0.2, 0.25) is 5.02 Å². The average Bonchev–Trinajstić information content (AvgIpc) is 2.29. The highest BCUT2D eigenvalue weighted by Crippen LogP contribution is 2.30. The Morgan fingerprint density at radius 3 is 2.81 bits per heavy atom. The zero-order valence-electron chi connectivity index (χ0n) is 9.87. The summed E-state index contributed by atoms with van der Waals surface area (Å²) >= 11 is 6.10. The van der Waals surface area contributed by atoms with E-state index in [0.717, 1.165) is 30.6 Å². The van der Waals surface area contributed by atoms with E-state index < -0.39 is 0 Å². The monoisotopic (exact) mass is 242 g/mol. The average molecular weight is 243 g/mol. The third kappa shape index (κ3) is 3.69. The van der Waals surface area contributed by atoms with Crippen molar-refractivity contribution in [3.8, 4) is 5.75 Å². The fraction of sp³-hybridized carbons (Fsp3) is 0.538. The van der Waals surface area contributed by atoms with E-state index in [1.165, 1.54) is 0 Å². The van der Waals surface area contributed by atoms with Gasteiger partial charge in [-0.3, -0.25) is 0 Å². The van der Waals surface area contributed by atoms with Gasteiger partial charge in [-0.05, 0) is 31.4 Å². The van der Waals surface area contributed by atoms with E-state index in [9.17, 15) is 0 Å². The summed E-state index contributed by atoms with van der Waals surface area (Å²) in [7, 11) is 0. The molecule has 1 aromatic carbocycles. The first kappa shape index (κ1) is 13.3. The van der Waals surface area contributed by atoms with E-state index in [4.69, 9.17) is 21.4 Å². The van der Waals surface area contributed by atoms with Crippen molar-refractivity contribution in [2.24, 2.45) is 0 Å². The third-order valence-corrected chi connectivity index (χ3v) is 2.72. The van der Waals surface area contributed by atoms with Crippen LogP contribution in [-0.4, -0.2) is 17.8 Å². The van der Waals surface area contributed by atoms with Gasteiger partial charge in [-0.1, -0.05) is 37.1 Å². The Labute approximate surface area is 102 Å². The normalized spacial score (nSPS) is 12.5. The number of aryl methyl sites for hydroxylation is 1. The van der Waals surface area contributed by atoms with Crippen molar-refractivity contribution in [2.75, 3.05) is 6.61 Å². The molecule has 0 bridgehead atoms. The molecule has 1 aromatic rings. The van der Waals surface area contributed by atoms with Crippen LogP contribution in [0.4, 0.5) is 0 Å². The van der Waals surface area contributed by atoms with Crippen LogP contribution in [0.25, 0.3) is 0 Å². The topological polar surface area (TPSA) is 29.5 Å². The van der Waals surface area contributed by atoms with Gasteiger partial charge in [0.2, 0.25) is 0 Å². The quantitative estimate of drug-likeness (QED) is 0.828. The fourth-order valence-electron chi connectivity index (χ4n) is 1.49. The molecule has 90 valence electrons. The van der Waals surface area contributed by atoms with Crippen LogP contribution < -0.4 is 4.74 Å². The molecular weight excluding hydrogens is 224 g/mol. The van der Waals surface area contributed by atoms with Crippen molar-refractivity contribution >= 4 is 11.6 Å². The van der Waals surface area contributed by atoms with Gasteiger partial charge in [0.25, 0.3) is 0 Å². The molecule has 0 saturated heterocycles. The largest absolute Gasteiger partial charge is 0.486 e. The second kappa shape index (κ2) is 6.77. The van der Waals surface area contributed by atoms with Crippen LogP contribution in [-0.2, 0) is 6.42 Å². The molecule has 0 amide bonds. The van der Waals surface area contributed by atoms with Crippen molar-refractivity contribution in [2.45, 2.75) is 39.2 Å². The van der Waals surface area contributed by atoms with E-state index >= 15 is 0 Å². The highest BCUT2D eigenvalue weighted by atomic mass is 35.5. The molecule has 0 aliphatic rings. The summed E-state index contributed by atoms with van der Waals surface area (Å²) in [5.41, 5.74) is 1.12. The predicted molar refractivity (Wildman–Crippen MR) is 67.2 cm³/mol. The summed E-state index contributed by atoms with van der Waals surface area (Å²) in [6.07, 6.45) is 3.00. The summed E-state index contributed by atoms with van der Waals surface area (Å²) < 4.78 is 5.64. The van der Waals surface area contributed by atoms with Crippen molar-refractivity contribution in [3.63, 3.8) is 0 Å². The zero-order chi connectivity index (χ0) is 12.0. The molecule has 1 unspecified atom stereocenters. The predicted octanol–water partition coefficient (Wildman–Crippen LogP) is 3.44. The molecule has 0 saturated carbocycles. The van der Waals surface area contributed by atoms with Crippen LogP contribution in [0.1, 0.15) is 32.3 Å². The Bertz CT molecular complexity index is 326. The Balaban J connectivity index is 2.85. The van der Waals surface area contributed by atoms with E-state index in [2.05, 4.69) is 6.92 Å². The minimum atomic E-state index is -0.222. The number of para-hydroxylation sites is 1. The fourth-order valence-corrected chi connectivity index (χ4v) is 1.73. The highest BCUT2D eigenvalue weighted by Gasteiger charge is 2.11. The lowest BCUT2D eigenvalue weighted by atomic mass is 10.1. The van der Waals surface area contributed by atoms with E-state index in [0.29, 0.717) is 5.02 Å². The van der Waals surface area contributed by atoms with Gasteiger partial charge in [0, 0.05) is 0 Å². The van der Waals surface area contributed by atoms with Crippen molar-refractivity contribution in [1.29, 1.82) is 0 Å². The van der Waals surface area contributed by atoms with Crippen LogP contribution in [0.15, 0.2) is 18.2 Å². The van der Waals surface area contributed by atoms with Gasteiger partial charge in [0.1, 0.15) is 11.9 Å². The van der Waals surface area contributed by atoms with Gasteiger partial charge in [-0.2, -0.15) is 0 Å². The number of rotatable bonds is 6. The molecule has 0 radical (unpaired) electrons. The summed E-state index contributed by atoms with van der Waals surface area (Å²) in [5.74, 6) is 0.721. The number of hydrogen-bond acceptors (Lipinski definition) is 2. The molecule has 1 rings (SSSR count). The standard InChI is InChI=1S/C13H19ClO2/c1-3-4-6-11-7-5-8-12(14)13(11)16-10(2)9-15/h5,7-8,10,15H,3-4,6,9H2,1-2H3. The second-order valence-electron chi connectivity index (χ2n) is 3.94. The highest BCUT2D eigenvalue weighted by molar-refractivity contribution is 6.32. The zero-order valence-corrected chi connectivity index (χ0v) is 10.6. The summed E-state index contributed by atoms with van der Waals surface area (Å²) in [5, 5.41) is 9.61. The lowest BCUT2D eigenvalue weighted by molar-refractivity contribution is 0.129. The third-order valence-electron chi connectivity index (χ3n) is 2.42. The van der Waals surface area contributed by atoms with Gasteiger partial charge < -0.3 is 9.84 Å². The Hall–Kier alpha value is -0.730. The van der Waals surface area contributed by atoms with Crippen LogP contribution in [0.3, 0.4) is 0 Å². The number of hydrogen-bond donors (Lipinski definition) is 1. The number of aliphatic hydroxyl groups excluding tert-OH is 1. The number of benzene rings is 1. The molecule has 0 aliphatic carbocycles. The Morgan fingerprint density at radius 1 is 1.44 bits per heavy atom. The first-order valence-corrected chi connectivity index (χ1v) is 6.11. The molecule has 0 aromatic heterocycles. The summed E-state index contributed by atoms with van der Waals surface area (Å²) in [6.45, 7) is 3.98. The van der Waals surface area contributed by atoms with Gasteiger partial charge in [-0.15, -0.1) is 0 Å². The molecule has 0 fully saturated rings. The van der Waals surface area contributed by atoms with E-state index in [1.54, 1.807) is 0 Å². The lowest BCUT2D eigenvalue weighted by Gasteiger charge is -2.16.